The number of carbonyl (C=O) groups excluding carboxylic acids is 1. The molecule has 1 atom stereocenters. The molecular formula is C19H28N2O3. The maximum Gasteiger partial charge on any atom is 0.256 e. The highest BCUT2D eigenvalue weighted by atomic mass is 16.3. The number of hydrogen-bond acceptors (Lipinski definition) is 4. The second-order valence-electron chi connectivity index (χ2n) is 7.61. The van der Waals surface area contributed by atoms with Gasteiger partial charge in [-0.2, -0.15) is 0 Å². The van der Waals surface area contributed by atoms with E-state index < -0.39 is 5.60 Å². The number of likely N-dealkylation sites (tertiary alicyclic amines) is 2. The highest BCUT2D eigenvalue weighted by molar-refractivity contribution is 5.86. The normalized spacial score (nSPS) is 26.0. The maximum absolute atomic E-state index is 12.8. The molecule has 5 heteroatoms. The summed E-state index contributed by atoms with van der Waals surface area (Å²) >= 11 is 0. The highest BCUT2D eigenvalue weighted by Gasteiger charge is 2.45. The number of piperidine rings is 1. The number of carbonyl (C=O) groups is 1. The van der Waals surface area contributed by atoms with Crippen LogP contribution < -0.4 is 0 Å². The van der Waals surface area contributed by atoms with Crippen LogP contribution in [0.3, 0.4) is 0 Å². The Bertz CT molecular complexity index is 581. The third kappa shape index (κ3) is 3.63. The topological polar surface area (TPSA) is 64.0 Å². The first-order valence-corrected chi connectivity index (χ1v) is 8.88. The van der Waals surface area contributed by atoms with Crippen molar-refractivity contribution in [1.82, 2.24) is 9.80 Å². The van der Waals surface area contributed by atoms with Crippen LogP contribution >= 0.6 is 0 Å². The fraction of sp³-hybridized carbons (Fsp3) is 0.632. The summed E-state index contributed by atoms with van der Waals surface area (Å²) in [7, 11) is 0. The summed E-state index contributed by atoms with van der Waals surface area (Å²) in [5, 5.41) is 20.2. The number of aliphatic hydroxyl groups is 2. The van der Waals surface area contributed by atoms with E-state index in [0.717, 1.165) is 12.0 Å². The largest absolute Gasteiger partial charge is 0.390 e. The maximum atomic E-state index is 12.8. The highest BCUT2D eigenvalue weighted by Crippen LogP contribution is 2.27. The number of benzene rings is 1. The van der Waals surface area contributed by atoms with Gasteiger partial charge < -0.3 is 15.1 Å². The quantitative estimate of drug-likeness (QED) is 0.854. The van der Waals surface area contributed by atoms with Crippen molar-refractivity contribution in [2.75, 3.05) is 26.2 Å². The molecular weight excluding hydrogens is 304 g/mol. The van der Waals surface area contributed by atoms with Crippen molar-refractivity contribution in [2.24, 2.45) is 0 Å². The second kappa shape index (κ2) is 6.82. The van der Waals surface area contributed by atoms with Crippen LogP contribution in [0.15, 0.2) is 24.3 Å². The van der Waals surface area contributed by atoms with Gasteiger partial charge in [0.15, 0.2) is 5.60 Å². The van der Waals surface area contributed by atoms with Crippen molar-refractivity contribution in [3.05, 3.63) is 35.4 Å². The van der Waals surface area contributed by atoms with Crippen LogP contribution in [-0.4, -0.2) is 63.8 Å². The molecule has 0 aromatic heterocycles. The van der Waals surface area contributed by atoms with Gasteiger partial charge in [-0.1, -0.05) is 38.1 Å². The van der Waals surface area contributed by atoms with Gasteiger partial charge in [0.2, 0.25) is 0 Å². The number of β-amino-alcohol motifs (C(OH)–C–C–N with tert-alkyl or cyclic N) is 2. The van der Waals surface area contributed by atoms with Gasteiger partial charge in [-0.25, -0.2) is 0 Å². The van der Waals surface area contributed by atoms with Crippen LogP contribution in [0.4, 0.5) is 0 Å². The molecule has 0 aliphatic carbocycles. The minimum Gasteiger partial charge on any atom is -0.390 e. The van der Waals surface area contributed by atoms with E-state index in [2.05, 4.69) is 38.1 Å². The summed E-state index contributed by atoms with van der Waals surface area (Å²) in [6, 6.07) is 8.37. The molecule has 2 saturated heterocycles. The lowest BCUT2D eigenvalue weighted by Crippen LogP contribution is -2.62. The molecule has 1 aromatic rings. The van der Waals surface area contributed by atoms with Crippen LogP contribution in [-0.2, 0) is 11.3 Å². The Morgan fingerprint density at radius 1 is 1.25 bits per heavy atom. The average molecular weight is 332 g/mol. The van der Waals surface area contributed by atoms with E-state index in [1.165, 1.54) is 5.56 Å². The molecule has 2 aliphatic heterocycles. The molecule has 5 nitrogen and oxygen atoms in total. The molecule has 0 radical (unpaired) electrons. The molecule has 0 spiro atoms. The van der Waals surface area contributed by atoms with E-state index in [4.69, 9.17) is 0 Å². The first-order valence-electron chi connectivity index (χ1n) is 8.88. The van der Waals surface area contributed by atoms with Gasteiger partial charge in [0.1, 0.15) is 0 Å². The molecule has 2 heterocycles. The second-order valence-corrected chi connectivity index (χ2v) is 7.61. The van der Waals surface area contributed by atoms with Gasteiger partial charge >= 0.3 is 0 Å². The third-order valence-electron chi connectivity index (χ3n) is 5.15. The van der Waals surface area contributed by atoms with Gasteiger partial charge in [0.25, 0.3) is 5.91 Å². The molecule has 1 unspecified atom stereocenters. The van der Waals surface area contributed by atoms with E-state index in [1.54, 1.807) is 4.90 Å². The number of amides is 1. The Morgan fingerprint density at radius 3 is 2.50 bits per heavy atom. The van der Waals surface area contributed by atoms with Crippen LogP contribution in [0, 0.1) is 0 Å². The first kappa shape index (κ1) is 17.4. The average Bonchev–Trinajstić information content (AvgIpc) is 2.51. The smallest absolute Gasteiger partial charge is 0.256 e. The Balaban J connectivity index is 1.64. The van der Waals surface area contributed by atoms with E-state index in [1.807, 2.05) is 4.90 Å². The summed E-state index contributed by atoms with van der Waals surface area (Å²) in [5.41, 5.74) is 1.07. The Hall–Kier alpha value is -1.43. The minimum absolute atomic E-state index is 0.178. The third-order valence-corrected chi connectivity index (χ3v) is 5.15. The van der Waals surface area contributed by atoms with Crippen LogP contribution in [0.2, 0.25) is 0 Å². The molecule has 24 heavy (non-hydrogen) atoms. The number of rotatable bonds is 5. The SMILES string of the molecule is CC(C)c1ccc(CN2CCCC(O)(CN3CC(O)C3)C2=O)cc1. The Morgan fingerprint density at radius 2 is 1.92 bits per heavy atom. The molecule has 3 rings (SSSR count). The lowest BCUT2D eigenvalue weighted by molar-refractivity contribution is -0.163. The lowest BCUT2D eigenvalue weighted by Gasteiger charge is -2.44. The molecule has 1 amide bonds. The van der Waals surface area contributed by atoms with Crippen molar-refractivity contribution in [1.29, 1.82) is 0 Å². The van der Waals surface area contributed by atoms with E-state index in [9.17, 15) is 15.0 Å². The van der Waals surface area contributed by atoms with Gasteiger partial charge in [-0.3, -0.25) is 9.69 Å². The fourth-order valence-electron chi connectivity index (χ4n) is 3.63. The van der Waals surface area contributed by atoms with Gasteiger partial charge in [0.05, 0.1) is 6.10 Å². The monoisotopic (exact) mass is 332 g/mol. The Kier molecular flexibility index (Phi) is 4.95. The number of hydrogen-bond donors (Lipinski definition) is 2. The van der Waals surface area contributed by atoms with Gasteiger partial charge in [-0.05, 0) is 29.9 Å². The molecule has 0 saturated carbocycles. The predicted octanol–water partition coefficient (Wildman–Crippen LogP) is 1.34. The van der Waals surface area contributed by atoms with Crippen LogP contribution in [0.5, 0.6) is 0 Å². The Labute approximate surface area is 143 Å². The standard InChI is InChI=1S/C19H28N2O3/c1-14(2)16-6-4-15(5-7-16)10-21-9-3-8-19(24,18(21)23)13-20-11-17(22)12-20/h4-7,14,17,22,24H,3,8-13H2,1-2H3. The summed E-state index contributed by atoms with van der Waals surface area (Å²) in [6.45, 7) is 6.98. The molecule has 1 aromatic carbocycles. The number of aliphatic hydroxyl groups excluding tert-OH is 1. The molecule has 132 valence electrons. The van der Waals surface area contributed by atoms with Gasteiger partial charge in [-0.15, -0.1) is 0 Å². The van der Waals surface area contributed by atoms with Crippen molar-refractivity contribution in [3.8, 4) is 0 Å². The molecule has 2 aliphatic rings. The molecule has 2 fully saturated rings. The minimum atomic E-state index is -1.31. The predicted molar refractivity (Wildman–Crippen MR) is 92.6 cm³/mol. The van der Waals surface area contributed by atoms with Crippen molar-refractivity contribution < 1.29 is 15.0 Å². The zero-order valence-corrected chi connectivity index (χ0v) is 14.6. The zero-order chi connectivity index (χ0) is 17.3. The van der Waals surface area contributed by atoms with E-state index >= 15 is 0 Å². The zero-order valence-electron chi connectivity index (χ0n) is 14.6. The van der Waals surface area contributed by atoms with Gasteiger partial charge in [0, 0.05) is 32.7 Å². The van der Waals surface area contributed by atoms with Crippen molar-refractivity contribution >= 4 is 5.91 Å². The summed E-state index contributed by atoms with van der Waals surface area (Å²) in [5.74, 6) is 0.315. The summed E-state index contributed by atoms with van der Waals surface area (Å²) in [6.07, 6.45) is 0.993. The van der Waals surface area contributed by atoms with Crippen molar-refractivity contribution in [3.63, 3.8) is 0 Å². The van der Waals surface area contributed by atoms with E-state index in [0.29, 0.717) is 45.1 Å². The van der Waals surface area contributed by atoms with Crippen LogP contribution in [0.1, 0.15) is 43.7 Å². The molecule has 0 bridgehead atoms. The van der Waals surface area contributed by atoms with E-state index in [-0.39, 0.29) is 12.0 Å². The van der Waals surface area contributed by atoms with Crippen LogP contribution in [0.25, 0.3) is 0 Å². The number of nitrogens with zero attached hydrogens (tertiary/aromatic N) is 2. The molecule has 2 N–H and O–H groups in total. The summed E-state index contributed by atoms with van der Waals surface area (Å²) in [4.78, 5) is 16.5. The summed E-state index contributed by atoms with van der Waals surface area (Å²) < 4.78 is 0. The first-order chi connectivity index (χ1) is 11.4. The lowest BCUT2D eigenvalue weighted by atomic mass is 9.89. The fourth-order valence-corrected chi connectivity index (χ4v) is 3.63. The van der Waals surface area contributed by atoms with Crippen molar-refractivity contribution in [2.45, 2.75) is 50.9 Å².